The summed E-state index contributed by atoms with van der Waals surface area (Å²) in [5.74, 6) is -1.87. The minimum absolute atomic E-state index is 0.0182. The third-order valence-electron chi connectivity index (χ3n) is 10.1. The van der Waals surface area contributed by atoms with Crippen LogP contribution in [-0.2, 0) is 33.3 Å². The number of unbranched alkanes of at least 4 members (excludes halogenated alkanes) is 4. The van der Waals surface area contributed by atoms with Gasteiger partial charge in [-0.15, -0.1) is 0 Å². The van der Waals surface area contributed by atoms with Crippen LogP contribution >= 0.6 is 0 Å². The molecule has 1 saturated carbocycles. The molecular formula is C32H50O8. The van der Waals surface area contributed by atoms with Crippen LogP contribution in [0.4, 0.5) is 0 Å². The lowest BCUT2D eigenvalue weighted by molar-refractivity contribution is -0.210. The van der Waals surface area contributed by atoms with Crippen molar-refractivity contribution in [1.29, 1.82) is 0 Å². The number of ether oxygens (including phenoxy) is 4. The number of fused-ring (bicyclic) bond motifs is 2. The first-order valence-electron chi connectivity index (χ1n) is 15.6. The Balaban J connectivity index is 1.71. The number of carbonyl (C=O) groups is 3. The minimum atomic E-state index is -1.32. The van der Waals surface area contributed by atoms with Crippen LogP contribution in [0.1, 0.15) is 112 Å². The van der Waals surface area contributed by atoms with E-state index in [1.807, 2.05) is 20.8 Å². The third-order valence-corrected chi connectivity index (χ3v) is 10.1. The van der Waals surface area contributed by atoms with Crippen molar-refractivity contribution < 1.29 is 38.4 Å². The van der Waals surface area contributed by atoms with Crippen molar-refractivity contribution in [3.63, 3.8) is 0 Å². The van der Waals surface area contributed by atoms with Crippen molar-refractivity contribution in [2.45, 2.75) is 147 Å². The van der Waals surface area contributed by atoms with Crippen LogP contribution in [0.5, 0.6) is 0 Å². The highest BCUT2D eigenvalue weighted by Gasteiger charge is 2.68. The van der Waals surface area contributed by atoms with Crippen molar-refractivity contribution >= 4 is 17.9 Å². The van der Waals surface area contributed by atoms with Gasteiger partial charge < -0.3 is 24.1 Å². The lowest BCUT2D eigenvalue weighted by atomic mass is 9.58. The van der Waals surface area contributed by atoms with Gasteiger partial charge in [-0.25, -0.2) is 0 Å². The molecule has 10 atom stereocenters. The lowest BCUT2D eigenvalue weighted by Gasteiger charge is -2.48. The van der Waals surface area contributed by atoms with Gasteiger partial charge in [-0.1, -0.05) is 53.0 Å². The Labute approximate surface area is 239 Å². The largest absolute Gasteiger partial charge is 0.458 e. The zero-order valence-electron chi connectivity index (χ0n) is 25.1. The summed E-state index contributed by atoms with van der Waals surface area (Å²) >= 11 is 0. The topological polar surface area (TPSA) is 108 Å². The minimum Gasteiger partial charge on any atom is -0.458 e. The van der Waals surface area contributed by atoms with Crippen LogP contribution in [0.3, 0.4) is 0 Å². The van der Waals surface area contributed by atoms with E-state index in [2.05, 4.69) is 13.5 Å². The number of aliphatic hydroxyl groups is 1. The van der Waals surface area contributed by atoms with Gasteiger partial charge >= 0.3 is 17.9 Å². The van der Waals surface area contributed by atoms with Gasteiger partial charge in [0.25, 0.3) is 0 Å². The second-order valence-electron chi connectivity index (χ2n) is 13.1. The van der Waals surface area contributed by atoms with Crippen molar-refractivity contribution in [1.82, 2.24) is 0 Å². The van der Waals surface area contributed by atoms with E-state index in [1.54, 1.807) is 6.92 Å². The molecule has 4 aliphatic rings. The number of hydrogen-bond donors (Lipinski definition) is 1. The molecule has 3 aliphatic heterocycles. The first-order chi connectivity index (χ1) is 18.9. The molecule has 226 valence electrons. The maximum Gasteiger partial charge on any atom is 0.309 e. The van der Waals surface area contributed by atoms with Crippen LogP contribution in [-0.4, -0.2) is 58.6 Å². The summed E-state index contributed by atoms with van der Waals surface area (Å²) in [6, 6.07) is 0. The van der Waals surface area contributed by atoms with E-state index >= 15 is 0 Å². The molecule has 0 radical (unpaired) electrons. The van der Waals surface area contributed by atoms with Crippen LogP contribution in [0.2, 0.25) is 0 Å². The standard InChI is InChI=1S/C32H50O8/c1-7-9-10-11-12-14-26(34)39-24-18-22(37-25(33)13-8-2)19(3)17-23-28-27-21(15-16-31(28,5)36)20(4)30(35)40-32(24,6)29(27)38-23/h20-24,27-29,36H,3,7-18H2,1-2,4-6H3/t20-,21?,22?,23?,24-,27+,28+,29?,31-,32+/m1/s1. The Bertz CT molecular complexity index is 959. The van der Waals surface area contributed by atoms with Crippen molar-refractivity contribution in [3.8, 4) is 0 Å². The lowest BCUT2D eigenvalue weighted by Crippen LogP contribution is -2.58. The Kier molecular flexibility index (Phi) is 9.71. The van der Waals surface area contributed by atoms with E-state index in [1.165, 1.54) is 0 Å². The highest BCUT2D eigenvalue weighted by molar-refractivity contribution is 5.74. The zero-order valence-corrected chi connectivity index (χ0v) is 25.1. The van der Waals surface area contributed by atoms with Crippen molar-refractivity contribution in [3.05, 3.63) is 12.2 Å². The van der Waals surface area contributed by atoms with Crippen molar-refractivity contribution in [2.24, 2.45) is 23.7 Å². The Morgan fingerprint density at radius 2 is 1.75 bits per heavy atom. The van der Waals surface area contributed by atoms with Gasteiger partial charge in [0.05, 0.1) is 17.6 Å². The van der Waals surface area contributed by atoms with Gasteiger partial charge in [0, 0.05) is 31.1 Å². The molecule has 4 rings (SSSR count). The van der Waals surface area contributed by atoms with Crippen LogP contribution in [0.15, 0.2) is 12.2 Å². The molecule has 4 fully saturated rings. The monoisotopic (exact) mass is 562 g/mol. The molecule has 3 saturated heterocycles. The smallest absolute Gasteiger partial charge is 0.309 e. The maximum absolute atomic E-state index is 13.5. The Morgan fingerprint density at radius 1 is 1.05 bits per heavy atom. The molecular weight excluding hydrogens is 512 g/mol. The molecule has 3 heterocycles. The van der Waals surface area contributed by atoms with Crippen LogP contribution in [0, 0.1) is 23.7 Å². The number of rotatable bonds is 10. The van der Waals surface area contributed by atoms with E-state index < -0.39 is 29.5 Å². The van der Waals surface area contributed by atoms with Gasteiger partial charge in [0.1, 0.15) is 18.3 Å². The number of esters is 3. The van der Waals surface area contributed by atoms with Gasteiger partial charge in [0.15, 0.2) is 5.60 Å². The molecule has 0 aromatic heterocycles. The van der Waals surface area contributed by atoms with Crippen LogP contribution < -0.4 is 0 Å². The quantitative estimate of drug-likeness (QED) is 0.162. The average Bonchev–Trinajstić information content (AvgIpc) is 3.26. The molecule has 0 aromatic rings. The Morgan fingerprint density at radius 3 is 2.45 bits per heavy atom. The summed E-state index contributed by atoms with van der Waals surface area (Å²) in [5.41, 5.74) is -1.66. The van der Waals surface area contributed by atoms with Gasteiger partial charge in [-0.05, 0) is 57.4 Å². The third kappa shape index (κ3) is 6.13. The van der Waals surface area contributed by atoms with Crippen molar-refractivity contribution in [2.75, 3.05) is 0 Å². The first kappa shape index (κ1) is 31.0. The fourth-order valence-corrected chi connectivity index (χ4v) is 7.78. The fraction of sp³-hybridized carbons (Fsp3) is 0.844. The maximum atomic E-state index is 13.5. The van der Waals surface area contributed by atoms with E-state index in [0.29, 0.717) is 31.3 Å². The molecule has 8 nitrogen and oxygen atoms in total. The van der Waals surface area contributed by atoms with Crippen LogP contribution in [0.25, 0.3) is 0 Å². The van der Waals surface area contributed by atoms with E-state index in [0.717, 1.165) is 32.1 Å². The van der Waals surface area contributed by atoms with Gasteiger partial charge in [-0.3, -0.25) is 14.4 Å². The highest BCUT2D eigenvalue weighted by atomic mass is 16.6. The molecule has 0 aromatic carbocycles. The molecule has 4 unspecified atom stereocenters. The molecule has 1 aliphatic carbocycles. The van der Waals surface area contributed by atoms with E-state index in [4.69, 9.17) is 18.9 Å². The predicted octanol–water partition coefficient (Wildman–Crippen LogP) is 5.43. The normalized spacial score (nSPS) is 40.8. The van der Waals surface area contributed by atoms with E-state index in [9.17, 15) is 19.5 Å². The molecule has 40 heavy (non-hydrogen) atoms. The second-order valence-corrected chi connectivity index (χ2v) is 13.1. The van der Waals surface area contributed by atoms with Gasteiger partial charge in [-0.2, -0.15) is 0 Å². The summed E-state index contributed by atoms with van der Waals surface area (Å²) in [6.07, 6.45) is 5.33. The summed E-state index contributed by atoms with van der Waals surface area (Å²) < 4.78 is 25.1. The summed E-state index contributed by atoms with van der Waals surface area (Å²) in [6.45, 7) is 13.9. The Hall–Kier alpha value is -1.93. The SMILES string of the molecule is C=C1CC2OC3[C@H]4C(CC[C@@](C)(O)[C@@H]24)[C@@H](C)C(=O)O[C@@]3(C)[C@H](OC(=O)CCCCCCC)CC1OC(=O)CCC. The molecule has 8 heteroatoms. The second kappa shape index (κ2) is 12.5. The van der Waals surface area contributed by atoms with E-state index in [-0.39, 0.29) is 66.9 Å². The first-order valence-corrected chi connectivity index (χ1v) is 15.6. The average molecular weight is 563 g/mol. The summed E-state index contributed by atoms with van der Waals surface area (Å²) in [7, 11) is 0. The number of hydrogen-bond acceptors (Lipinski definition) is 8. The highest BCUT2D eigenvalue weighted by Crippen LogP contribution is 2.59. The molecule has 1 N–H and O–H groups in total. The molecule has 0 amide bonds. The fourth-order valence-electron chi connectivity index (χ4n) is 7.78. The summed E-state index contributed by atoms with van der Waals surface area (Å²) in [4.78, 5) is 39.4. The van der Waals surface area contributed by atoms with Gasteiger partial charge in [0.2, 0.25) is 0 Å². The predicted molar refractivity (Wildman–Crippen MR) is 149 cm³/mol. The molecule has 0 spiro atoms. The number of carbonyl (C=O) groups excluding carboxylic acids is 3. The molecule has 2 bridgehead atoms. The zero-order chi connectivity index (χ0) is 29.2. The summed E-state index contributed by atoms with van der Waals surface area (Å²) in [5, 5.41) is 11.6.